The van der Waals surface area contributed by atoms with Gasteiger partial charge in [-0.1, -0.05) is 23.4 Å². The zero-order chi connectivity index (χ0) is 19.4. The van der Waals surface area contributed by atoms with Gasteiger partial charge < -0.3 is 15.2 Å². The van der Waals surface area contributed by atoms with Gasteiger partial charge in [-0.25, -0.2) is 0 Å². The van der Waals surface area contributed by atoms with Gasteiger partial charge >= 0.3 is 0 Å². The molecule has 140 valence electrons. The smallest absolute Gasteiger partial charge is 0.237 e. The minimum Gasteiger partial charge on any atom is -0.508 e. The molecule has 1 amide bonds. The maximum Gasteiger partial charge on any atom is 0.237 e. The first-order valence-corrected chi connectivity index (χ1v) is 9.12. The number of phenols is 1. The Morgan fingerprint density at radius 3 is 2.74 bits per heavy atom. The number of tetrazole rings is 1. The highest BCUT2D eigenvalue weighted by atomic mass is 35.5. The fourth-order valence-corrected chi connectivity index (χ4v) is 3.21. The van der Waals surface area contributed by atoms with Crippen molar-refractivity contribution in [2.24, 2.45) is 0 Å². The van der Waals surface area contributed by atoms with Gasteiger partial charge in [0, 0.05) is 5.02 Å². The van der Waals surface area contributed by atoms with Crippen molar-refractivity contribution in [2.75, 3.05) is 12.4 Å². The van der Waals surface area contributed by atoms with Gasteiger partial charge in [0.1, 0.15) is 11.5 Å². The molecule has 0 fully saturated rings. The monoisotopic (exact) mass is 405 g/mol. The first kappa shape index (κ1) is 19.0. The van der Waals surface area contributed by atoms with E-state index in [-0.39, 0.29) is 11.7 Å². The summed E-state index contributed by atoms with van der Waals surface area (Å²) in [6.07, 6.45) is 0. The Bertz CT molecular complexity index is 948. The Balaban J connectivity index is 1.74. The van der Waals surface area contributed by atoms with Crippen molar-refractivity contribution in [3.8, 4) is 17.2 Å². The van der Waals surface area contributed by atoms with Crippen LogP contribution >= 0.6 is 23.4 Å². The molecule has 0 saturated carbocycles. The molecule has 0 saturated heterocycles. The van der Waals surface area contributed by atoms with Crippen LogP contribution in [-0.4, -0.2) is 43.6 Å². The van der Waals surface area contributed by atoms with Crippen molar-refractivity contribution >= 4 is 35.0 Å². The van der Waals surface area contributed by atoms with Crippen LogP contribution in [0.4, 0.5) is 5.69 Å². The molecule has 1 heterocycles. The van der Waals surface area contributed by atoms with E-state index in [2.05, 4.69) is 20.8 Å². The van der Waals surface area contributed by atoms with Crippen LogP contribution in [0.1, 0.15) is 6.92 Å². The number of hydrogen-bond donors (Lipinski definition) is 2. The summed E-state index contributed by atoms with van der Waals surface area (Å²) in [5.41, 5.74) is 1.16. The molecule has 27 heavy (non-hydrogen) atoms. The normalized spacial score (nSPS) is 11.8. The summed E-state index contributed by atoms with van der Waals surface area (Å²) in [5.74, 6) is 0.406. The molecule has 0 radical (unpaired) electrons. The average molecular weight is 406 g/mol. The predicted molar refractivity (Wildman–Crippen MR) is 103 cm³/mol. The van der Waals surface area contributed by atoms with E-state index >= 15 is 0 Å². The van der Waals surface area contributed by atoms with Crippen molar-refractivity contribution in [3.63, 3.8) is 0 Å². The van der Waals surface area contributed by atoms with Crippen LogP contribution in [0.3, 0.4) is 0 Å². The van der Waals surface area contributed by atoms with Gasteiger partial charge in [0.15, 0.2) is 0 Å². The fourth-order valence-electron chi connectivity index (χ4n) is 2.23. The molecule has 0 unspecified atom stereocenters. The molecule has 3 aromatic rings. The second-order valence-electron chi connectivity index (χ2n) is 5.48. The molecule has 1 aromatic heterocycles. The molecule has 2 aromatic carbocycles. The summed E-state index contributed by atoms with van der Waals surface area (Å²) >= 11 is 7.19. The third kappa shape index (κ3) is 4.50. The largest absolute Gasteiger partial charge is 0.508 e. The molecule has 0 aliphatic heterocycles. The van der Waals surface area contributed by atoms with Crippen molar-refractivity contribution in [1.82, 2.24) is 20.2 Å². The molecular formula is C17H16ClN5O3S. The Morgan fingerprint density at radius 1 is 1.30 bits per heavy atom. The average Bonchev–Trinajstić information content (AvgIpc) is 3.10. The molecule has 1 atom stereocenters. The van der Waals surface area contributed by atoms with Gasteiger partial charge in [0.25, 0.3) is 0 Å². The van der Waals surface area contributed by atoms with E-state index in [1.165, 1.54) is 35.7 Å². The summed E-state index contributed by atoms with van der Waals surface area (Å²) in [5, 5.41) is 24.2. The second-order valence-corrected chi connectivity index (χ2v) is 7.23. The second kappa shape index (κ2) is 8.28. The molecule has 10 heteroatoms. The van der Waals surface area contributed by atoms with Gasteiger partial charge in [-0.2, -0.15) is 4.68 Å². The first-order chi connectivity index (χ1) is 13.0. The molecule has 3 rings (SSSR count). The minimum atomic E-state index is -0.490. The first-order valence-electron chi connectivity index (χ1n) is 7.87. The zero-order valence-electron chi connectivity index (χ0n) is 14.5. The van der Waals surface area contributed by atoms with Crippen LogP contribution in [0.5, 0.6) is 11.5 Å². The molecular weight excluding hydrogens is 390 g/mol. The van der Waals surface area contributed by atoms with Crippen molar-refractivity contribution < 1.29 is 14.6 Å². The number of amides is 1. The zero-order valence-corrected chi connectivity index (χ0v) is 16.0. The lowest BCUT2D eigenvalue weighted by atomic mass is 10.3. The van der Waals surface area contributed by atoms with E-state index in [1.54, 1.807) is 37.3 Å². The number of phenolic OH excluding ortho intramolecular Hbond substituents is 1. The molecule has 0 spiro atoms. The SMILES string of the molecule is COc1ccc(Cl)cc1NC(=O)[C@H](C)Sc1nnnn1-c1ccc(O)cc1. The van der Waals surface area contributed by atoms with E-state index in [0.717, 1.165) is 0 Å². The number of anilines is 1. The number of benzene rings is 2. The summed E-state index contributed by atoms with van der Waals surface area (Å²) < 4.78 is 6.73. The third-order valence-electron chi connectivity index (χ3n) is 3.61. The van der Waals surface area contributed by atoms with Gasteiger partial charge in [-0.15, -0.1) is 5.10 Å². The third-order valence-corrected chi connectivity index (χ3v) is 4.87. The number of rotatable bonds is 6. The highest BCUT2D eigenvalue weighted by molar-refractivity contribution is 8.00. The summed E-state index contributed by atoms with van der Waals surface area (Å²) in [4.78, 5) is 12.6. The number of ether oxygens (including phenoxy) is 1. The van der Waals surface area contributed by atoms with E-state index in [1.807, 2.05) is 0 Å². The van der Waals surface area contributed by atoms with Crippen LogP contribution in [-0.2, 0) is 4.79 Å². The molecule has 0 bridgehead atoms. The maximum absolute atomic E-state index is 12.6. The lowest BCUT2D eigenvalue weighted by Crippen LogP contribution is -2.23. The topological polar surface area (TPSA) is 102 Å². The Hall–Kier alpha value is -2.78. The van der Waals surface area contributed by atoms with Crippen LogP contribution in [0, 0.1) is 0 Å². The Labute approximate surface area is 164 Å². The fraction of sp³-hybridized carbons (Fsp3) is 0.176. The van der Waals surface area contributed by atoms with Crippen molar-refractivity contribution in [2.45, 2.75) is 17.3 Å². The number of hydrogen-bond acceptors (Lipinski definition) is 7. The summed E-state index contributed by atoms with van der Waals surface area (Å²) in [6.45, 7) is 1.74. The van der Waals surface area contributed by atoms with Crippen LogP contribution in [0.2, 0.25) is 5.02 Å². The number of nitrogens with zero attached hydrogens (tertiary/aromatic N) is 4. The molecule has 0 aliphatic rings. The van der Waals surface area contributed by atoms with Gasteiger partial charge in [0.2, 0.25) is 11.1 Å². The Morgan fingerprint density at radius 2 is 2.04 bits per heavy atom. The highest BCUT2D eigenvalue weighted by Crippen LogP contribution is 2.29. The minimum absolute atomic E-state index is 0.143. The molecule has 0 aliphatic carbocycles. The molecule has 8 nitrogen and oxygen atoms in total. The number of carbonyl (C=O) groups is 1. The van der Waals surface area contributed by atoms with Crippen molar-refractivity contribution in [1.29, 1.82) is 0 Å². The van der Waals surface area contributed by atoms with Crippen LogP contribution in [0.15, 0.2) is 47.6 Å². The number of aromatic nitrogens is 4. The summed E-state index contributed by atoms with van der Waals surface area (Å²) in [6, 6.07) is 11.4. The maximum atomic E-state index is 12.6. The van der Waals surface area contributed by atoms with Gasteiger partial charge in [-0.3, -0.25) is 4.79 Å². The Kier molecular flexibility index (Phi) is 5.82. The number of halogens is 1. The lowest BCUT2D eigenvalue weighted by Gasteiger charge is -2.14. The predicted octanol–water partition coefficient (Wildman–Crippen LogP) is 3.15. The number of aromatic hydroxyl groups is 1. The quantitative estimate of drug-likeness (QED) is 0.607. The number of methoxy groups -OCH3 is 1. The van der Waals surface area contributed by atoms with E-state index < -0.39 is 5.25 Å². The molecule has 2 N–H and O–H groups in total. The van der Waals surface area contributed by atoms with Gasteiger partial charge in [0.05, 0.1) is 23.7 Å². The van der Waals surface area contributed by atoms with Crippen molar-refractivity contribution in [3.05, 3.63) is 47.5 Å². The van der Waals surface area contributed by atoms with Crippen LogP contribution < -0.4 is 10.1 Å². The highest BCUT2D eigenvalue weighted by Gasteiger charge is 2.20. The van der Waals surface area contributed by atoms with E-state index in [4.69, 9.17) is 16.3 Å². The number of thioether (sulfide) groups is 1. The standard InChI is InChI=1S/C17H16ClN5O3S/c1-10(16(25)19-14-9-11(18)3-8-15(14)26-2)27-17-20-21-22-23(17)12-4-6-13(24)7-5-12/h3-10,24H,1-2H3,(H,19,25)/t10-/m0/s1. The summed E-state index contributed by atoms with van der Waals surface area (Å²) in [7, 11) is 1.52. The number of nitrogens with one attached hydrogen (secondary N) is 1. The number of carbonyl (C=O) groups excluding carboxylic acids is 1. The van der Waals surface area contributed by atoms with E-state index in [0.29, 0.717) is 27.3 Å². The van der Waals surface area contributed by atoms with Crippen LogP contribution in [0.25, 0.3) is 5.69 Å². The van der Waals surface area contributed by atoms with Gasteiger partial charge in [-0.05, 0) is 59.8 Å². The van der Waals surface area contributed by atoms with E-state index in [9.17, 15) is 9.90 Å². The lowest BCUT2D eigenvalue weighted by molar-refractivity contribution is -0.115.